The van der Waals surface area contributed by atoms with E-state index in [1.807, 2.05) is 0 Å². The van der Waals surface area contributed by atoms with Crippen LogP contribution in [0, 0.1) is 0 Å². The second-order valence-electron chi connectivity index (χ2n) is 6.63. The van der Waals surface area contributed by atoms with Gasteiger partial charge in [0.15, 0.2) is 24.7 Å². The van der Waals surface area contributed by atoms with Gasteiger partial charge in [0, 0.05) is 11.2 Å². The van der Waals surface area contributed by atoms with Gasteiger partial charge in [0.25, 0.3) is 5.91 Å². The first-order valence-corrected chi connectivity index (χ1v) is 10.1. The first-order valence-electron chi connectivity index (χ1n) is 9.69. The normalized spacial score (nSPS) is 10.3. The van der Waals surface area contributed by atoms with Gasteiger partial charge in [0.2, 0.25) is 5.78 Å². The maximum atomic E-state index is 12.3. The summed E-state index contributed by atoms with van der Waals surface area (Å²) in [5.41, 5.74) is 0.905. The minimum Gasteiger partial charge on any atom is -0.495 e. The predicted molar refractivity (Wildman–Crippen MR) is 121 cm³/mol. The van der Waals surface area contributed by atoms with Crippen LogP contribution in [0.5, 0.6) is 17.2 Å². The van der Waals surface area contributed by atoms with Gasteiger partial charge in [-0.2, -0.15) is 0 Å². The van der Waals surface area contributed by atoms with Gasteiger partial charge in [0.1, 0.15) is 5.75 Å². The molecule has 1 heterocycles. The van der Waals surface area contributed by atoms with E-state index in [1.54, 1.807) is 36.5 Å². The predicted octanol–water partition coefficient (Wildman–Crippen LogP) is 3.74. The number of anilines is 1. The van der Waals surface area contributed by atoms with Crippen molar-refractivity contribution in [3.8, 4) is 17.2 Å². The number of ether oxygens (including phenoxy) is 4. The number of carbonyl (C=O) groups is 3. The molecule has 0 aliphatic carbocycles. The zero-order chi connectivity index (χ0) is 23.8. The van der Waals surface area contributed by atoms with Gasteiger partial charge in [-0.3, -0.25) is 9.59 Å². The van der Waals surface area contributed by atoms with E-state index >= 15 is 0 Å². The fourth-order valence-corrected chi connectivity index (χ4v) is 2.99. The summed E-state index contributed by atoms with van der Waals surface area (Å²) < 4.78 is 21.0. The van der Waals surface area contributed by atoms with Crippen molar-refractivity contribution in [2.45, 2.75) is 0 Å². The molecular weight excluding hydrogens is 452 g/mol. The molecule has 1 amide bonds. The van der Waals surface area contributed by atoms with Crippen LogP contribution in [0.4, 0.5) is 5.69 Å². The van der Waals surface area contributed by atoms with Crippen molar-refractivity contribution in [3.05, 3.63) is 71.0 Å². The Labute approximate surface area is 194 Å². The number of carbonyl (C=O) groups excluding carboxylic acids is 3. The largest absolute Gasteiger partial charge is 0.495 e. The number of methoxy groups -OCH3 is 2. The molecule has 0 spiro atoms. The quantitative estimate of drug-likeness (QED) is 0.341. The number of hydrogen-bond donors (Lipinski definition) is 2. The van der Waals surface area contributed by atoms with E-state index in [0.717, 1.165) is 0 Å². The van der Waals surface area contributed by atoms with E-state index in [9.17, 15) is 14.4 Å². The van der Waals surface area contributed by atoms with Crippen molar-refractivity contribution in [2.75, 3.05) is 32.8 Å². The highest BCUT2D eigenvalue weighted by Gasteiger charge is 2.16. The Hall–Kier alpha value is -3.98. The van der Waals surface area contributed by atoms with Gasteiger partial charge >= 0.3 is 5.97 Å². The molecule has 2 N–H and O–H groups in total. The summed E-state index contributed by atoms with van der Waals surface area (Å²) in [7, 11) is 2.87. The van der Waals surface area contributed by atoms with Crippen molar-refractivity contribution in [1.82, 2.24) is 4.98 Å². The number of esters is 1. The van der Waals surface area contributed by atoms with E-state index < -0.39 is 18.5 Å². The van der Waals surface area contributed by atoms with Gasteiger partial charge in [-0.1, -0.05) is 11.6 Å². The molecule has 0 atom stereocenters. The third-order valence-electron chi connectivity index (χ3n) is 4.43. The van der Waals surface area contributed by atoms with Crippen molar-refractivity contribution < 1.29 is 33.3 Å². The van der Waals surface area contributed by atoms with Gasteiger partial charge in [-0.05, 0) is 48.5 Å². The number of nitrogens with one attached hydrogen (secondary N) is 2. The van der Waals surface area contributed by atoms with E-state index in [0.29, 0.717) is 22.2 Å². The molecule has 9 nitrogen and oxygen atoms in total. The van der Waals surface area contributed by atoms with E-state index in [1.165, 1.54) is 32.4 Å². The van der Waals surface area contributed by atoms with Gasteiger partial charge < -0.3 is 29.2 Å². The lowest BCUT2D eigenvalue weighted by Crippen LogP contribution is -2.20. The van der Waals surface area contributed by atoms with Crippen molar-refractivity contribution in [1.29, 1.82) is 0 Å². The summed E-state index contributed by atoms with van der Waals surface area (Å²) in [6.45, 7) is -0.743. The topological polar surface area (TPSA) is 116 Å². The number of aromatic amines is 1. The SMILES string of the molecule is COc1ccc(Cl)cc1NC(=O)COc1ccc(C(=O)OCC(=O)c2ccc[nH]2)cc1OC. The molecule has 1 aromatic heterocycles. The third kappa shape index (κ3) is 6.27. The van der Waals surface area contributed by atoms with Crippen LogP contribution in [0.15, 0.2) is 54.7 Å². The monoisotopic (exact) mass is 472 g/mol. The second kappa shape index (κ2) is 11.1. The second-order valence-corrected chi connectivity index (χ2v) is 7.07. The lowest BCUT2D eigenvalue weighted by atomic mass is 10.2. The summed E-state index contributed by atoms with van der Waals surface area (Å²) in [5.74, 6) is -0.613. The third-order valence-corrected chi connectivity index (χ3v) is 4.66. The molecule has 3 rings (SSSR count). The lowest BCUT2D eigenvalue weighted by molar-refractivity contribution is -0.118. The number of halogens is 1. The van der Waals surface area contributed by atoms with Crippen LogP contribution in [-0.4, -0.2) is 50.1 Å². The molecule has 0 aliphatic heterocycles. The Morgan fingerprint density at radius 3 is 2.39 bits per heavy atom. The zero-order valence-corrected chi connectivity index (χ0v) is 18.6. The molecule has 172 valence electrons. The van der Waals surface area contributed by atoms with Gasteiger partial charge in [-0.15, -0.1) is 0 Å². The van der Waals surface area contributed by atoms with Crippen molar-refractivity contribution >= 4 is 34.9 Å². The van der Waals surface area contributed by atoms with Crippen LogP contribution in [-0.2, 0) is 9.53 Å². The summed E-state index contributed by atoms with van der Waals surface area (Å²) in [6.07, 6.45) is 1.60. The molecule has 10 heteroatoms. The van der Waals surface area contributed by atoms with Gasteiger partial charge in [0.05, 0.1) is 31.2 Å². The average Bonchev–Trinajstić information content (AvgIpc) is 3.36. The molecule has 3 aromatic rings. The Balaban J connectivity index is 1.59. The van der Waals surface area contributed by atoms with E-state index in [2.05, 4.69) is 10.3 Å². The van der Waals surface area contributed by atoms with Crippen LogP contribution >= 0.6 is 11.6 Å². The molecule has 0 unspecified atom stereocenters. The first kappa shape index (κ1) is 23.7. The number of hydrogen-bond acceptors (Lipinski definition) is 7. The zero-order valence-electron chi connectivity index (χ0n) is 17.8. The first-order chi connectivity index (χ1) is 15.9. The van der Waals surface area contributed by atoms with Crippen molar-refractivity contribution in [3.63, 3.8) is 0 Å². The number of aromatic nitrogens is 1. The van der Waals surface area contributed by atoms with Crippen LogP contribution in [0.3, 0.4) is 0 Å². The summed E-state index contributed by atoms with van der Waals surface area (Å²) in [4.78, 5) is 39.3. The Kier molecular flexibility index (Phi) is 7.93. The molecule has 0 bridgehead atoms. The Morgan fingerprint density at radius 1 is 0.939 bits per heavy atom. The number of Topliss-reactive ketones (excluding diaryl/α,β-unsaturated/α-hetero) is 1. The van der Waals surface area contributed by atoms with Crippen LogP contribution in [0.25, 0.3) is 0 Å². The number of benzene rings is 2. The summed E-state index contributed by atoms with van der Waals surface area (Å²) in [5, 5.41) is 3.09. The molecule has 0 radical (unpaired) electrons. The highest BCUT2D eigenvalue weighted by molar-refractivity contribution is 6.31. The number of H-pyrrole nitrogens is 1. The summed E-state index contributed by atoms with van der Waals surface area (Å²) in [6, 6.07) is 12.4. The lowest BCUT2D eigenvalue weighted by Gasteiger charge is -2.13. The maximum absolute atomic E-state index is 12.3. The maximum Gasteiger partial charge on any atom is 0.338 e. The smallest absolute Gasteiger partial charge is 0.338 e. The minimum atomic E-state index is -0.703. The molecule has 0 saturated carbocycles. The van der Waals surface area contributed by atoms with E-state index in [-0.39, 0.29) is 29.5 Å². The highest BCUT2D eigenvalue weighted by Crippen LogP contribution is 2.29. The van der Waals surface area contributed by atoms with Gasteiger partial charge in [-0.25, -0.2) is 4.79 Å². The van der Waals surface area contributed by atoms with Crippen molar-refractivity contribution in [2.24, 2.45) is 0 Å². The fraction of sp³-hybridized carbons (Fsp3) is 0.174. The fourth-order valence-electron chi connectivity index (χ4n) is 2.82. The van der Waals surface area contributed by atoms with Crippen LogP contribution in [0.2, 0.25) is 5.02 Å². The highest BCUT2D eigenvalue weighted by atomic mass is 35.5. The number of ketones is 1. The van der Waals surface area contributed by atoms with Crippen LogP contribution < -0.4 is 19.5 Å². The average molecular weight is 473 g/mol. The standard InChI is InChI=1S/C23H21ClN2O7/c1-30-19-8-6-15(24)11-17(19)26-22(28)13-32-20-7-5-14(10-21(20)31-2)23(29)33-12-18(27)16-4-3-9-25-16/h3-11,25H,12-13H2,1-2H3,(H,26,28). The summed E-state index contributed by atoms with van der Waals surface area (Å²) >= 11 is 5.96. The molecular formula is C23H21ClN2O7. The molecule has 0 aliphatic rings. The molecule has 0 fully saturated rings. The minimum absolute atomic E-state index is 0.159. The Morgan fingerprint density at radius 2 is 1.70 bits per heavy atom. The number of amides is 1. The van der Waals surface area contributed by atoms with E-state index in [4.69, 9.17) is 30.5 Å². The Bertz CT molecular complexity index is 1150. The van der Waals surface area contributed by atoms with Crippen LogP contribution in [0.1, 0.15) is 20.8 Å². The molecule has 33 heavy (non-hydrogen) atoms. The molecule has 2 aromatic carbocycles. The number of rotatable bonds is 10. The molecule has 0 saturated heterocycles.